The highest BCUT2D eigenvalue weighted by Crippen LogP contribution is 2.39. The summed E-state index contributed by atoms with van der Waals surface area (Å²) in [4.78, 5) is 26.0. The van der Waals surface area contributed by atoms with E-state index in [9.17, 15) is 9.59 Å². The van der Waals surface area contributed by atoms with Crippen LogP contribution in [-0.2, 0) is 11.3 Å². The molecular formula is C29H35N7O5S2. The van der Waals surface area contributed by atoms with Gasteiger partial charge in [-0.2, -0.15) is 0 Å². The summed E-state index contributed by atoms with van der Waals surface area (Å²) in [6.07, 6.45) is 0. The second-order valence-corrected chi connectivity index (χ2v) is 11.3. The topological polar surface area (TPSA) is 142 Å². The Morgan fingerprint density at radius 2 is 1.63 bits per heavy atom. The lowest BCUT2D eigenvalue weighted by molar-refractivity contribution is -0.113. The van der Waals surface area contributed by atoms with Crippen LogP contribution in [0.25, 0.3) is 5.69 Å². The Bertz CT molecular complexity index is 1560. The van der Waals surface area contributed by atoms with Gasteiger partial charge in [0.2, 0.25) is 16.8 Å². The average Bonchev–Trinajstić information content (AvgIpc) is 3.58. The molecule has 0 bridgehead atoms. The predicted octanol–water partition coefficient (Wildman–Crippen LogP) is 4.90. The lowest BCUT2D eigenvalue weighted by atomic mass is 10.1. The molecule has 0 aliphatic rings. The summed E-state index contributed by atoms with van der Waals surface area (Å²) in [6, 6.07) is 9.21. The van der Waals surface area contributed by atoms with Crippen LogP contribution in [0.2, 0.25) is 0 Å². The summed E-state index contributed by atoms with van der Waals surface area (Å²) in [7, 11) is 0. The molecule has 2 amide bonds. The molecule has 12 nitrogen and oxygen atoms in total. The van der Waals surface area contributed by atoms with Crippen LogP contribution in [0.15, 0.2) is 35.5 Å². The molecule has 0 atom stereocenters. The van der Waals surface area contributed by atoms with Gasteiger partial charge in [-0.15, -0.1) is 20.4 Å². The molecule has 0 aliphatic carbocycles. The van der Waals surface area contributed by atoms with Crippen LogP contribution in [0.1, 0.15) is 53.1 Å². The predicted molar refractivity (Wildman–Crippen MR) is 166 cm³/mol. The zero-order chi connectivity index (χ0) is 30.9. The Kier molecular flexibility index (Phi) is 11.0. The van der Waals surface area contributed by atoms with Crippen LogP contribution in [0.4, 0.5) is 5.13 Å². The van der Waals surface area contributed by atoms with Crippen molar-refractivity contribution in [2.24, 2.45) is 0 Å². The van der Waals surface area contributed by atoms with Crippen molar-refractivity contribution in [3.05, 3.63) is 57.9 Å². The van der Waals surface area contributed by atoms with Gasteiger partial charge in [-0.25, -0.2) is 0 Å². The first-order valence-corrected chi connectivity index (χ1v) is 15.6. The van der Waals surface area contributed by atoms with E-state index in [2.05, 4.69) is 31.0 Å². The van der Waals surface area contributed by atoms with Gasteiger partial charge in [-0.3, -0.25) is 19.5 Å². The molecule has 43 heavy (non-hydrogen) atoms. The maximum atomic E-state index is 13.4. The number of aromatic nitrogens is 5. The minimum absolute atomic E-state index is 0.0805. The van der Waals surface area contributed by atoms with Crippen molar-refractivity contribution in [3.8, 4) is 22.9 Å². The number of hydrogen-bond acceptors (Lipinski definition) is 11. The highest BCUT2D eigenvalue weighted by atomic mass is 32.2. The average molecular weight is 626 g/mol. The minimum Gasteiger partial charge on any atom is -0.490 e. The van der Waals surface area contributed by atoms with E-state index in [1.54, 1.807) is 12.1 Å². The van der Waals surface area contributed by atoms with E-state index in [0.29, 0.717) is 58.7 Å². The monoisotopic (exact) mass is 625 g/mol. The molecule has 0 spiro atoms. The quantitative estimate of drug-likeness (QED) is 0.186. The molecule has 0 fully saturated rings. The summed E-state index contributed by atoms with van der Waals surface area (Å²) in [5, 5.41) is 24.0. The fourth-order valence-corrected chi connectivity index (χ4v) is 5.51. The van der Waals surface area contributed by atoms with Crippen molar-refractivity contribution in [3.63, 3.8) is 0 Å². The number of ether oxygens (including phenoxy) is 3. The Morgan fingerprint density at radius 1 is 0.930 bits per heavy atom. The lowest BCUT2D eigenvalue weighted by Crippen LogP contribution is -2.25. The molecule has 0 aliphatic heterocycles. The Labute approximate surface area is 258 Å². The van der Waals surface area contributed by atoms with Crippen LogP contribution in [-0.4, -0.2) is 62.3 Å². The highest BCUT2D eigenvalue weighted by Gasteiger charge is 2.21. The molecule has 4 aromatic rings. The molecule has 2 N–H and O–H groups in total. The molecule has 4 rings (SSSR count). The molecule has 0 unspecified atom stereocenters. The Hall–Kier alpha value is -4.17. The van der Waals surface area contributed by atoms with Crippen LogP contribution in [0.5, 0.6) is 17.2 Å². The van der Waals surface area contributed by atoms with Crippen molar-refractivity contribution in [2.45, 2.75) is 53.2 Å². The van der Waals surface area contributed by atoms with Crippen molar-refractivity contribution in [1.82, 2.24) is 30.3 Å². The molecule has 0 saturated heterocycles. The van der Waals surface area contributed by atoms with Gasteiger partial charge >= 0.3 is 0 Å². The third-order valence-corrected chi connectivity index (χ3v) is 7.88. The molecule has 2 heterocycles. The van der Waals surface area contributed by atoms with Crippen LogP contribution in [0, 0.1) is 20.8 Å². The number of carbonyl (C=O) groups excluding carboxylic acids is 2. The summed E-state index contributed by atoms with van der Waals surface area (Å²) in [5.74, 6) is 1.33. The van der Waals surface area contributed by atoms with Crippen molar-refractivity contribution in [2.75, 3.05) is 30.9 Å². The zero-order valence-corrected chi connectivity index (χ0v) is 26.6. The Balaban J connectivity index is 1.58. The van der Waals surface area contributed by atoms with Crippen molar-refractivity contribution in [1.29, 1.82) is 0 Å². The molecule has 2 aromatic carbocycles. The van der Waals surface area contributed by atoms with E-state index < -0.39 is 0 Å². The fourth-order valence-electron chi connectivity index (χ4n) is 4.14. The summed E-state index contributed by atoms with van der Waals surface area (Å²) in [6.45, 7) is 12.7. The van der Waals surface area contributed by atoms with Crippen molar-refractivity contribution < 1.29 is 23.8 Å². The minimum atomic E-state index is -0.346. The number of rotatable bonds is 14. The maximum absolute atomic E-state index is 13.4. The van der Waals surface area contributed by atoms with Gasteiger partial charge in [0, 0.05) is 5.56 Å². The molecule has 228 valence electrons. The van der Waals surface area contributed by atoms with E-state index >= 15 is 0 Å². The molecule has 0 saturated carbocycles. The number of aryl methyl sites for hydroxylation is 2. The van der Waals surface area contributed by atoms with E-state index in [4.69, 9.17) is 14.2 Å². The van der Waals surface area contributed by atoms with Crippen LogP contribution < -0.4 is 24.8 Å². The molecule has 0 radical (unpaired) electrons. The maximum Gasteiger partial charge on any atom is 0.251 e. The SMILES string of the molecule is CCOc1cc(C(=O)NCc2nnc(SCC(=O)Nc3nnc(C)s3)n2-c2cccc(C)c2C)cc(OCC)c1OCC. The van der Waals surface area contributed by atoms with Gasteiger partial charge in [0.1, 0.15) is 5.01 Å². The van der Waals surface area contributed by atoms with Gasteiger partial charge in [0.05, 0.1) is 37.8 Å². The normalized spacial score (nSPS) is 10.8. The first-order valence-electron chi connectivity index (χ1n) is 13.8. The molecule has 2 aromatic heterocycles. The van der Waals surface area contributed by atoms with Crippen LogP contribution >= 0.6 is 23.1 Å². The van der Waals surface area contributed by atoms with E-state index in [1.807, 2.05) is 64.3 Å². The van der Waals surface area contributed by atoms with Crippen molar-refractivity contribution >= 4 is 40.0 Å². The fraction of sp³-hybridized carbons (Fsp3) is 0.379. The van der Waals surface area contributed by atoms with E-state index in [0.717, 1.165) is 21.8 Å². The second kappa shape index (κ2) is 14.8. The smallest absolute Gasteiger partial charge is 0.251 e. The number of nitrogens with one attached hydrogen (secondary N) is 2. The molecular weight excluding hydrogens is 590 g/mol. The first kappa shape index (κ1) is 31.8. The third kappa shape index (κ3) is 7.82. The second-order valence-electron chi connectivity index (χ2n) is 9.20. The van der Waals surface area contributed by atoms with E-state index in [1.165, 1.54) is 23.1 Å². The lowest BCUT2D eigenvalue weighted by Gasteiger charge is -2.17. The van der Waals surface area contributed by atoms with E-state index in [-0.39, 0.29) is 24.1 Å². The number of anilines is 1. The van der Waals surface area contributed by atoms with Gasteiger partial charge in [-0.1, -0.05) is 35.2 Å². The number of hydrogen-bond donors (Lipinski definition) is 2. The number of carbonyl (C=O) groups is 2. The van der Waals surface area contributed by atoms with Gasteiger partial charge in [0.15, 0.2) is 22.5 Å². The van der Waals surface area contributed by atoms with Crippen LogP contribution in [0.3, 0.4) is 0 Å². The summed E-state index contributed by atoms with van der Waals surface area (Å²) >= 11 is 2.54. The molecule has 14 heteroatoms. The van der Waals surface area contributed by atoms with Gasteiger partial charge in [-0.05, 0) is 70.9 Å². The number of thioether (sulfide) groups is 1. The third-order valence-electron chi connectivity index (χ3n) is 6.20. The number of benzene rings is 2. The highest BCUT2D eigenvalue weighted by molar-refractivity contribution is 7.99. The summed E-state index contributed by atoms with van der Waals surface area (Å²) in [5.41, 5.74) is 3.32. The van der Waals surface area contributed by atoms with Gasteiger partial charge in [0.25, 0.3) is 5.91 Å². The first-order chi connectivity index (χ1) is 20.7. The Morgan fingerprint density at radius 3 is 2.26 bits per heavy atom. The number of nitrogens with zero attached hydrogens (tertiary/aromatic N) is 5. The number of amides is 2. The largest absolute Gasteiger partial charge is 0.490 e. The summed E-state index contributed by atoms with van der Waals surface area (Å²) < 4.78 is 19.2. The zero-order valence-electron chi connectivity index (χ0n) is 25.0. The van der Waals surface area contributed by atoms with Gasteiger partial charge < -0.3 is 19.5 Å². The standard InChI is InChI=1S/C29H35N7O5S2/c1-7-39-22-13-20(14-23(40-8-2)26(22)41-9-3)27(38)30-15-24-33-35-29(36(24)21-12-10-11-17(4)18(21)5)42-16-25(37)31-28-34-32-19(6)43-28/h10-14H,7-9,15-16H2,1-6H3,(H,30,38)(H,31,34,37).